The van der Waals surface area contributed by atoms with Crippen LogP contribution in [0, 0.1) is 6.10 Å². The Kier molecular flexibility index (Phi) is 5.33. The predicted octanol–water partition coefficient (Wildman–Crippen LogP) is 4.33. The van der Waals surface area contributed by atoms with E-state index in [1.165, 1.54) is 30.4 Å². The Balaban J connectivity index is 1.95. The molecule has 27 heavy (non-hydrogen) atoms. The van der Waals surface area contributed by atoms with E-state index in [4.69, 9.17) is 3.76 Å². The predicted molar refractivity (Wildman–Crippen MR) is 116 cm³/mol. The first-order valence-electron chi connectivity index (χ1n) is 9.60. The number of rotatable bonds is 5. The van der Waals surface area contributed by atoms with Crippen molar-refractivity contribution >= 4 is 26.8 Å². The van der Waals surface area contributed by atoms with Gasteiger partial charge in [-0.15, -0.1) is 0 Å². The molecular weight excluding hydrogens is 389 g/mol. The maximum absolute atomic E-state index is 7.19. The molecule has 1 radical (unpaired) electrons. The fourth-order valence-corrected chi connectivity index (χ4v) is 12.2. The zero-order valence-electron chi connectivity index (χ0n) is 16.0. The molecule has 0 bridgehead atoms. The second-order valence-corrected chi connectivity index (χ2v) is 14.1. The summed E-state index contributed by atoms with van der Waals surface area (Å²) in [6.07, 6.45) is 3.30. The van der Waals surface area contributed by atoms with Crippen LogP contribution in [-0.4, -0.2) is 13.6 Å². The van der Waals surface area contributed by atoms with Gasteiger partial charge in [0.25, 0.3) is 0 Å². The molecule has 2 heteroatoms. The summed E-state index contributed by atoms with van der Waals surface area (Å²) >= 11 is -3.32. The van der Waals surface area contributed by atoms with Crippen LogP contribution in [0.15, 0.2) is 102 Å². The monoisotopic (exact) mass is 415 g/mol. The van der Waals surface area contributed by atoms with Gasteiger partial charge in [-0.05, 0) is 0 Å². The van der Waals surface area contributed by atoms with Crippen LogP contribution in [0.4, 0.5) is 0 Å². The van der Waals surface area contributed by atoms with Crippen molar-refractivity contribution in [3.05, 3.63) is 108 Å². The molecule has 1 nitrogen and oxygen atoms in total. The number of hydrogen-bond donors (Lipinski definition) is 0. The van der Waals surface area contributed by atoms with Crippen molar-refractivity contribution < 1.29 is 3.76 Å². The topological polar surface area (TPSA) is 9.23 Å². The van der Waals surface area contributed by atoms with Crippen molar-refractivity contribution in [3.8, 4) is 0 Å². The quantitative estimate of drug-likeness (QED) is 0.565. The van der Waals surface area contributed by atoms with Gasteiger partial charge in [0.15, 0.2) is 0 Å². The molecule has 1 aliphatic carbocycles. The van der Waals surface area contributed by atoms with Crippen LogP contribution in [0.5, 0.6) is 0 Å². The van der Waals surface area contributed by atoms with Gasteiger partial charge in [-0.1, -0.05) is 0 Å². The van der Waals surface area contributed by atoms with E-state index >= 15 is 0 Å². The minimum absolute atomic E-state index is 1.01. The molecule has 0 aliphatic heterocycles. The zero-order chi connectivity index (χ0) is 18.7. The van der Waals surface area contributed by atoms with E-state index < -0.39 is 13.6 Å². The third kappa shape index (κ3) is 3.42. The molecule has 0 fully saturated rings. The number of benzene rings is 3. The molecule has 0 saturated carbocycles. The van der Waals surface area contributed by atoms with Gasteiger partial charge in [-0.3, -0.25) is 0 Å². The molecule has 1 aliphatic rings. The van der Waals surface area contributed by atoms with Crippen LogP contribution in [-0.2, 0) is 3.76 Å². The Morgan fingerprint density at radius 1 is 0.593 bits per heavy atom. The standard InChI is InChI=1S/C25H25GeO/c1-20-18-19-25(21(20)2)27-26(22-12-6-3-7-13-22,23-14-8-4-9-15-23)24-16-10-5-11-17-24/h3-17H,18-19H2,1-2H3. The molecule has 0 aromatic heterocycles. The second kappa shape index (κ2) is 7.87. The van der Waals surface area contributed by atoms with Crippen molar-refractivity contribution in [1.29, 1.82) is 0 Å². The summed E-state index contributed by atoms with van der Waals surface area (Å²) < 4.78 is 11.2. The summed E-state index contributed by atoms with van der Waals surface area (Å²) in [4.78, 5) is 0. The Morgan fingerprint density at radius 3 is 1.33 bits per heavy atom. The van der Waals surface area contributed by atoms with E-state index in [2.05, 4.69) is 105 Å². The summed E-state index contributed by atoms with van der Waals surface area (Å²) in [5.41, 5.74) is 2.79. The molecule has 3 aromatic rings. The average molecular weight is 414 g/mol. The molecular formula is C25H25GeO. The fraction of sp³-hybridized carbons (Fsp3) is 0.160. The van der Waals surface area contributed by atoms with Crippen molar-refractivity contribution in [3.63, 3.8) is 0 Å². The fourth-order valence-electron chi connectivity index (χ4n) is 3.92. The van der Waals surface area contributed by atoms with E-state index in [1.807, 2.05) is 0 Å². The molecule has 3 aromatic carbocycles. The summed E-state index contributed by atoms with van der Waals surface area (Å²) in [6.45, 7) is 4.44. The number of allylic oxidation sites excluding steroid dienone is 1. The van der Waals surface area contributed by atoms with E-state index in [-0.39, 0.29) is 0 Å². The molecule has 0 saturated heterocycles. The molecule has 0 amide bonds. The first-order chi connectivity index (χ1) is 13.2. The van der Waals surface area contributed by atoms with Gasteiger partial charge < -0.3 is 0 Å². The van der Waals surface area contributed by atoms with Crippen molar-refractivity contribution in [2.75, 3.05) is 0 Å². The number of hydrogen-bond acceptors (Lipinski definition) is 1. The summed E-state index contributed by atoms with van der Waals surface area (Å²) in [5, 5.41) is 0. The molecule has 0 unspecified atom stereocenters. The minimum atomic E-state index is -3.32. The Labute approximate surface area is 165 Å². The van der Waals surface area contributed by atoms with Crippen LogP contribution in [0.25, 0.3) is 0 Å². The van der Waals surface area contributed by atoms with E-state index in [9.17, 15) is 0 Å². The molecule has 0 spiro atoms. The molecule has 0 atom stereocenters. The third-order valence-corrected chi connectivity index (χ3v) is 14.0. The van der Waals surface area contributed by atoms with E-state index in [0.29, 0.717) is 0 Å². The van der Waals surface area contributed by atoms with Gasteiger partial charge in [0.05, 0.1) is 0 Å². The molecule has 0 heterocycles. The van der Waals surface area contributed by atoms with Crippen molar-refractivity contribution in [1.82, 2.24) is 0 Å². The van der Waals surface area contributed by atoms with Crippen LogP contribution in [0.3, 0.4) is 0 Å². The Hall–Kier alpha value is -2.10. The summed E-state index contributed by atoms with van der Waals surface area (Å²) in [7, 11) is 0. The molecule has 4 rings (SSSR count). The Morgan fingerprint density at radius 2 is 1.00 bits per heavy atom. The van der Waals surface area contributed by atoms with Crippen molar-refractivity contribution in [2.45, 2.75) is 26.7 Å². The van der Waals surface area contributed by atoms with Gasteiger partial charge in [0, 0.05) is 0 Å². The Bertz CT molecular complexity index is 820. The summed E-state index contributed by atoms with van der Waals surface area (Å²) in [6, 6.07) is 32.6. The van der Waals surface area contributed by atoms with Crippen LogP contribution in [0.1, 0.15) is 26.7 Å². The normalized spacial score (nSPS) is 15.3. The maximum atomic E-state index is 7.19. The second-order valence-electron chi connectivity index (χ2n) is 7.21. The first kappa shape index (κ1) is 18.3. The van der Waals surface area contributed by atoms with Crippen LogP contribution < -0.4 is 13.2 Å². The van der Waals surface area contributed by atoms with E-state index in [1.54, 1.807) is 0 Å². The van der Waals surface area contributed by atoms with Crippen molar-refractivity contribution in [2.24, 2.45) is 0 Å². The van der Waals surface area contributed by atoms with Gasteiger partial charge in [-0.2, -0.15) is 0 Å². The van der Waals surface area contributed by atoms with Crippen LogP contribution >= 0.6 is 0 Å². The molecule has 135 valence electrons. The van der Waals surface area contributed by atoms with Gasteiger partial charge in [0.1, 0.15) is 0 Å². The van der Waals surface area contributed by atoms with Crippen LogP contribution in [0.2, 0.25) is 0 Å². The first-order valence-corrected chi connectivity index (χ1v) is 13.6. The SMILES string of the molecule is CC1=C(C)[C]([O][Ge]([c]2ccccc2)([c]2ccccc2)[c]2ccccc2)CC1. The zero-order valence-corrected chi connectivity index (χ0v) is 18.1. The van der Waals surface area contributed by atoms with Gasteiger partial charge >= 0.3 is 165 Å². The van der Waals surface area contributed by atoms with Gasteiger partial charge in [-0.25, -0.2) is 0 Å². The average Bonchev–Trinajstić information content (AvgIpc) is 3.06. The van der Waals surface area contributed by atoms with Gasteiger partial charge in [0.2, 0.25) is 0 Å². The van der Waals surface area contributed by atoms with E-state index in [0.717, 1.165) is 12.8 Å². The molecule has 0 N–H and O–H groups in total. The summed E-state index contributed by atoms with van der Waals surface area (Å²) in [5.74, 6) is 0. The third-order valence-electron chi connectivity index (χ3n) is 5.60.